The molecule has 4 rings (SSSR count). The Kier molecular flexibility index (Phi) is 7.35. The third-order valence-electron chi connectivity index (χ3n) is 5.22. The van der Waals surface area contributed by atoms with E-state index in [1.54, 1.807) is 36.3 Å². The normalized spacial score (nSPS) is 11.3. The summed E-state index contributed by atoms with van der Waals surface area (Å²) in [5, 5.41) is 1.18. The fourth-order valence-electron chi connectivity index (χ4n) is 3.60. The van der Waals surface area contributed by atoms with Gasteiger partial charge in [-0.2, -0.15) is 0 Å². The van der Waals surface area contributed by atoms with Gasteiger partial charge in [0.2, 0.25) is 0 Å². The largest absolute Gasteiger partial charge is 0.494 e. The summed E-state index contributed by atoms with van der Waals surface area (Å²) in [5.41, 5.74) is 2.58. The van der Waals surface area contributed by atoms with Crippen LogP contribution in [0, 0.1) is 6.92 Å². The van der Waals surface area contributed by atoms with Gasteiger partial charge in [0.1, 0.15) is 11.3 Å². The molecule has 172 valence electrons. The van der Waals surface area contributed by atoms with Crippen LogP contribution in [-0.4, -0.2) is 39.3 Å². The minimum Gasteiger partial charge on any atom is -0.494 e. The van der Waals surface area contributed by atoms with Gasteiger partial charge in [0.15, 0.2) is 5.13 Å². The lowest BCUT2D eigenvalue weighted by molar-refractivity contribution is 0.0986. The second-order valence-electron chi connectivity index (χ2n) is 8.06. The number of carbonyl (C=O) groups is 1. The minimum absolute atomic E-state index is 0.0441. The van der Waals surface area contributed by atoms with Crippen molar-refractivity contribution in [2.45, 2.75) is 43.9 Å². The van der Waals surface area contributed by atoms with Crippen molar-refractivity contribution in [1.82, 2.24) is 14.5 Å². The number of imidazole rings is 1. The molecule has 8 heteroatoms. The number of carbonyl (C=O) groups excluding carboxylic acids is 1. The molecule has 0 aliphatic rings. The number of fused-ring (bicyclic) bond motifs is 1. The quantitative estimate of drug-likeness (QED) is 0.273. The van der Waals surface area contributed by atoms with Gasteiger partial charge >= 0.3 is 0 Å². The number of amides is 1. The third-order valence-corrected chi connectivity index (χ3v) is 7.45. The van der Waals surface area contributed by atoms with Crippen molar-refractivity contribution in [1.29, 1.82) is 0 Å². The van der Waals surface area contributed by atoms with Crippen LogP contribution in [0.25, 0.3) is 10.2 Å². The average Bonchev–Trinajstić information content (AvgIpc) is 3.47. The number of rotatable bonds is 9. The highest BCUT2D eigenvalue weighted by Gasteiger charge is 2.23. The maximum absolute atomic E-state index is 13.6. The van der Waals surface area contributed by atoms with E-state index in [0.29, 0.717) is 22.5 Å². The highest BCUT2D eigenvalue weighted by molar-refractivity contribution is 7.99. The van der Waals surface area contributed by atoms with Crippen molar-refractivity contribution < 1.29 is 9.53 Å². The molecule has 0 saturated carbocycles. The number of nitrogens with zero attached hydrogens (tertiary/aromatic N) is 4. The van der Waals surface area contributed by atoms with E-state index in [9.17, 15) is 4.79 Å². The summed E-state index contributed by atoms with van der Waals surface area (Å²) in [6.45, 7) is 7.71. The highest BCUT2D eigenvalue weighted by atomic mass is 32.2. The Hall–Kier alpha value is -2.84. The molecule has 4 aromatic rings. The van der Waals surface area contributed by atoms with Crippen LogP contribution >= 0.6 is 23.1 Å². The molecule has 0 unspecified atom stereocenters. The van der Waals surface area contributed by atoms with E-state index in [1.165, 1.54) is 11.3 Å². The zero-order valence-corrected chi connectivity index (χ0v) is 20.9. The smallest absolute Gasteiger partial charge is 0.260 e. The molecule has 0 aliphatic carbocycles. The van der Waals surface area contributed by atoms with Crippen LogP contribution in [0.3, 0.4) is 0 Å². The second-order valence-corrected chi connectivity index (χ2v) is 10.7. The monoisotopic (exact) mass is 480 g/mol. The van der Waals surface area contributed by atoms with E-state index in [1.807, 2.05) is 47.2 Å². The van der Waals surface area contributed by atoms with Crippen molar-refractivity contribution in [3.05, 3.63) is 66.2 Å². The summed E-state index contributed by atoms with van der Waals surface area (Å²) in [5.74, 6) is 0.677. The van der Waals surface area contributed by atoms with Crippen molar-refractivity contribution in [2.24, 2.45) is 0 Å². The van der Waals surface area contributed by atoms with E-state index >= 15 is 0 Å². The Bertz CT molecular complexity index is 1220. The predicted octanol–water partition coefficient (Wildman–Crippen LogP) is 6.05. The second kappa shape index (κ2) is 10.4. The van der Waals surface area contributed by atoms with Crippen LogP contribution in [0.15, 0.2) is 60.0 Å². The molecule has 0 atom stereocenters. The lowest BCUT2D eigenvalue weighted by atomic mass is 10.2. The van der Waals surface area contributed by atoms with Crippen LogP contribution in [0.2, 0.25) is 0 Å². The van der Waals surface area contributed by atoms with Gasteiger partial charge in [0.25, 0.3) is 5.91 Å². The zero-order chi connectivity index (χ0) is 23.4. The topological polar surface area (TPSA) is 60.2 Å². The standard InChI is InChI=1S/C25H28N4O2S2/c1-17(2)32-20-9-7-19(8-10-20)24(30)29(14-5-13-28-15-12-26-16-28)25-27-22-21(31-4)11-6-18(3)23(22)33-25/h6-12,15-17H,5,13-14H2,1-4H3. The van der Waals surface area contributed by atoms with E-state index < -0.39 is 0 Å². The van der Waals surface area contributed by atoms with Crippen LogP contribution in [0.1, 0.15) is 36.2 Å². The number of aromatic nitrogens is 3. The molecular formula is C25H28N4O2S2. The molecule has 0 bridgehead atoms. The molecule has 1 amide bonds. The van der Waals surface area contributed by atoms with Gasteiger partial charge < -0.3 is 9.30 Å². The Balaban J connectivity index is 1.65. The Morgan fingerprint density at radius 1 is 1.21 bits per heavy atom. The molecule has 0 saturated heterocycles. The molecule has 0 N–H and O–H groups in total. The summed E-state index contributed by atoms with van der Waals surface area (Å²) >= 11 is 3.32. The van der Waals surface area contributed by atoms with E-state index in [4.69, 9.17) is 9.72 Å². The Labute approximate surface area is 202 Å². The van der Waals surface area contributed by atoms with Crippen LogP contribution in [0.5, 0.6) is 5.75 Å². The number of benzene rings is 2. The van der Waals surface area contributed by atoms with E-state index in [0.717, 1.165) is 39.4 Å². The van der Waals surface area contributed by atoms with Crippen molar-refractivity contribution >= 4 is 44.4 Å². The molecular weight excluding hydrogens is 452 g/mol. The van der Waals surface area contributed by atoms with Gasteiger partial charge in [0, 0.05) is 41.2 Å². The van der Waals surface area contributed by atoms with E-state index in [2.05, 4.69) is 25.8 Å². The molecule has 33 heavy (non-hydrogen) atoms. The fraction of sp³-hybridized carbons (Fsp3) is 0.320. The summed E-state index contributed by atoms with van der Waals surface area (Å²) < 4.78 is 8.59. The molecule has 2 aromatic heterocycles. The van der Waals surface area contributed by atoms with Crippen molar-refractivity contribution in [3.8, 4) is 5.75 Å². The van der Waals surface area contributed by atoms with Crippen molar-refractivity contribution in [2.75, 3.05) is 18.6 Å². The number of thioether (sulfide) groups is 1. The van der Waals surface area contributed by atoms with Crippen LogP contribution < -0.4 is 9.64 Å². The molecule has 0 fully saturated rings. The van der Waals surface area contributed by atoms with Gasteiger partial charge in [-0.15, -0.1) is 11.8 Å². The lowest BCUT2D eigenvalue weighted by Gasteiger charge is -2.20. The van der Waals surface area contributed by atoms with Gasteiger partial charge in [-0.05, 0) is 49.2 Å². The van der Waals surface area contributed by atoms with Gasteiger partial charge in [-0.3, -0.25) is 9.69 Å². The van der Waals surface area contributed by atoms with Crippen LogP contribution in [0.4, 0.5) is 5.13 Å². The maximum atomic E-state index is 13.6. The zero-order valence-electron chi connectivity index (χ0n) is 19.3. The van der Waals surface area contributed by atoms with E-state index in [-0.39, 0.29) is 5.91 Å². The first-order valence-corrected chi connectivity index (χ1v) is 12.6. The number of anilines is 1. The molecule has 0 radical (unpaired) electrons. The number of methoxy groups -OCH3 is 1. The molecule has 6 nitrogen and oxygen atoms in total. The molecule has 2 heterocycles. The SMILES string of the molecule is COc1ccc(C)c2sc(N(CCCn3ccnc3)C(=O)c3ccc(SC(C)C)cc3)nc12. The first kappa shape index (κ1) is 23.3. The predicted molar refractivity (Wildman–Crippen MR) is 137 cm³/mol. The first-order valence-electron chi connectivity index (χ1n) is 10.9. The van der Waals surface area contributed by atoms with Crippen molar-refractivity contribution in [3.63, 3.8) is 0 Å². The van der Waals surface area contributed by atoms with Gasteiger partial charge in [0.05, 0.1) is 18.1 Å². The Morgan fingerprint density at radius 3 is 2.67 bits per heavy atom. The number of aryl methyl sites for hydroxylation is 2. The average molecular weight is 481 g/mol. The van der Waals surface area contributed by atoms with Gasteiger partial charge in [-0.25, -0.2) is 9.97 Å². The summed E-state index contributed by atoms with van der Waals surface area (Å²) in [4.78, 5) is 25.5. The number of ether oxygens (including phenoxy) is 1. The van der Waals surface area contributed by atoms with Crippen LogP contribution in [-0.2, 0) is 6.54 Å². The number of thiazole rings is 1. The Morgan fingerprint density at radius 2 is 2.00 bits per heavy atom. The van der Waals surface area contributed by atoms with Gasteiger partial charge in [-0.1, -0.05) is 31.3 Å². The number of hydrogen-bond acceptors (Lipinski definition) is 6. The minimum atomic E-state index is -0.0441. The maximum Gasteiger partial charge on any atom is 0.260 e. The summed E-state index contributed by atoms with van der Waals surface area (Å²) in [7, 11) is 1.65. The fourth-order valence-corrected chi connectivity index (χ4v) is 5.51. The molecule has 0 aliphatic heterocycles. The molecule has 2 aromatic carbocycles. The highest BCUT2D eigenvalue weighted by Crippen LogP contribution is 2.37. The summed E-state index contributed by atoms with van der Waals surface area (Å²) in [6, 6.07) is 11.8. The summed E-state index contributed by atoms with van der Waals surface area (Å²) in [6.07, 6.45) is 6.28. The number of hydrogen-bond donors (Lipinski definition) is 0. The third kappa shape index (κ3) is 5.39. The molecule has 0 spiro atoms. The first-order chi connectivity index (χ1) is 16.0. The lowest BCUT2D eigenvalue weighted by Crippen LogP contribution is -2.32.